The summed E-state index contributed by atoms with van der Waals surface area (Å²) in [6.07, 6.45) is 4.51. The van der Waals surface area contributed by atoms with Gasteiger partial charge in [-0.15, -0.1) is 0 Å². The van der Waals surface area contributed by atoms with Gasteiger partial charge in [0.25, 0.3) is 5.91 Å². The Morgan fingerprint density at radius 3 is 2.52 bits per heavy atom. The summed E-state index contributed by atoms with van der Waals surface area (Å²) >= 11 is 6.14. The van der Waals surface area contributed by atoms with Gasteiger partial charge >= 0.3 is 6.09 Å². The molecule has 1 heterocycles. The number of amides is 3. The van der Waals surface area contributed by atoms with Crippen LogP contribution in [-0.2, 0) is 26.3 Å². The summed E-state index contributed by atoms with van der Waals surface area (Å²) in [5.74, 6) is 0.499. The predicted octanol–water partition coefficient (Wildman–Crippen LogP) is 4.98. The Bertz CT molecular complexity index is 1270. The molecule has 2 aromatic rings. The lowest BCUT2D eigenvalue weighted by Crippen LogP contribution is -2.51. The number of carbonyl (C=O) groups excluding carboxylic acids is 3. The van der Waals surface area contributed by atoms with Crippen LogP contribution >= 0.6 is 11.6 Å². The van der Waals surface area contributed by atoms with E-state index in [2.05, 4.69) is 29.8 Å². The second-order valence-corrected chi connectivity index (χ2v) is 12.3. The van der Waals surface area contributed by atoms with Crippen LogP contribution < -0.4 is 16.0 Å². The summed E-state index contributed by atoms with van der Waals surface area (Å²) in [7, 11) is 1.26. The molecule has 3 atom stereocenters. The van der Waals surface area contributed by atoms with Crippen LogP contribution in [0.3, 0.4) is 0 Å². The lowest BCUT2D eigenvalue weighted by Gasteiger charge is -2.29. The zero-order chi connectivity index (χ0) is 30.3. The molecule has 9 nitrogen and oxygen atoms in total. The maximum Gasteiger partial charge on any atom is 0.407 e. The van der Waals surface area contributed by atoms with E-state index in [9.17, 15) is 14.4 Å². The third kappa shape index (κ3) is 8.03. The normalized spacial score (nSPS) is 19.8. The third-order valence-electron chi connectivity index (χ3n) is 7.91. The van der Waals surface area contributed by atoms with E-state index >= 15 is 0 Å². The largest absolute Gasteiger partial charge is 0.453 e. The molecular formula is C32H42ClN5O4. The van der Waals surface area contributed by atoms with Crippen molar-refractivity contribution in [1.29, 1.82) is 5.41 Å². The van der Waals surface area contributed by atoms with Crippen molar-refractivity contribution in [2.24, 2.45) is 11.8 Å². The molecule has 0 bridgehead atoms. The zero-order valence-corrected chi connectivity index (χ0v) is 25.4. The number of benzene rings is 2. The average Bonchev–Trinajstić information content (AvgIpc) is 3.74. The van der Waals surface area contributed by atoms with Crippen LogP contribution in [0.2, 0.25) is 5.02 Å². The Morgan fingerprint density at radius 1 is 1.14 bits per heavy atom. The number of rotatable bonds is 14. The average molecular weight is 596 g/mol. The summed E-state index contributed by atoms with van der Waals surface area (Å²) in [5, 5.41) is 18.2. The van der Waals surface area contributed by atoms with Crippen LogP contribution in [0, 0.1) is 17.2 Å². The van der Waals surface area contributed by atoms with Gasteiger partial charge in [-0.1, -0.05) is 80.8 Å². The van der Waals surface area contributed by atoms with Crippen LogP contribution in [0.5, 0.6) is 0 Å². The molecule has 1 saturated carbocycles. The molecule has 0 spiro atoms. The number of halogens is 1. The van der Waals surface area contributed by atoms with E-state index in [1.807, 2.05) is 36.4 Å². The molecule has 226 valence electrons. The van der Waals surface area contributed by atoms with Crippen molar-refractivity contribution in [1.82, 2.24) is 20.9 Å². The molecule has 2 fully saturated rings. The first-order valence-corrected chi connectivity index (χ1v) is 15.1. The minimum Gasteiger partial charge on any atom is -0.453 e. The first kappa shape index (κ1) is 31.3. The van der Waals surface area contributed by atoms with Gasteiger partial charge in [0, 0.05) is 24.0 Å². The van der Waals surface area contributed by atoms with Crippen LogP contribution in [0.25, 0.3) is 0 Å². The molecule has 0 aromatic heterocycles. The van der Waals surface area contributed by atoms with Gasteiger partial charge in [-0.25, -0.2) is 4.79 Å². The van der Waals surface area contributed by atoms with Crippen molar-refractivity contribution in [3.05, 3.63) is 70.7 Å². The van der Waals surface area contributed by atoms with Gasteiger partial charge in [-0.3, -0.25) is 19.9 Å². The van der Waals surface area contributed by atoms with Gasteiger partial charge in [0.2, 0.25) is 5.91 Å². The number of nitrogens with one attached hydrogen (secondary N) is 4. The first-order valence-electron chi connectivity index (χ1n) is 14.7. The number of nitrogens with zero attached hydrogens (tertiary/aromatic N) is 1. The Labute approximate surface area is 253 Å². The molecule has 1 unspecified atom stereocenters. The van der Waals surface area contributed by atoms with Crippen molar-refractivity contribution in [2.75, 3.05) is 13.7 Å². The fourth-order valence-corrected chi connectivity index (χ4v) is 5.98. The van der Waals surface area contributed by atoms with E-state index in [0.717, 1.165) is 30.4 Å². The lowest BCUT2D eigenvalue weighted by atomic mass is 9.82. The zero-order valence-electron chi connectivity index (χ0n) is 24.6. The minimum absolute atomic E-state index is 0.108. The molecule has 2 aliphatic rings. The number of hydrogen-bond acceptors (Lipinski definition) is 5. The quantitative estimate of drug-likeness (QED) is 0.245. The fraction of sp³-hybridized carbons (Fsp3) is 0.500. The molecule has 4 N–H and O–H groups in total. The maximum absolute atomic E-state index is 13.8. The highest BCUT2D eigenvalue weighted by Crippen LogP contribution is 2.36. The first-order chi connectivity index (χ1) is 20.1. The van der Waals surface area contributed by atoms with E-state index in [0.29, 0.717) is 36.7 Å². The number of alkyl carbamates (subject to hydrolysis) is 1. The van der Waals surface area contributed by atoms with Crippen molar-refractivity contribution in [3.8, 4) is 0 Å². The molecule has 0 radical (unpaired) electrons. The van der Waals surface area contributed by atoms with E-state index in [-0.39, 0.29) is 36.2 Å². The molecule has 10 heteroatoms. The minimum atomic E-state index is -0.957. The Hall–Kier alpha value is -3.59. The number of methoxy groups -OCH3 is 1. The number of ether oxygens (including phenoxy) is 1. The summed E-state index contributed by atoms with van der Waals surface area (Å²) < 4.78 is 4.77. The van der Waals surface area contributed by atoms with Gasteiger partial charge in [0.15, 0.2) is 5.96 Å². The fourth-order valence-electron chi connectivity index (χ4n) is 5.77. The van der Waals surface area contributed by atoms with E-state index in [4.69, 9.17) is 21.7 Å². The molecule has 4 rings (SSSR count). The van der Waals surface area contributed by atoms with Crippen molar-refractivity contribution in [2.45, 2.75) is 76.4 Å². The van der Waals surface area contributed by atoms with Crippen LogP contribution in [0.15, 0.2) is 54.6 Å². The Balaban J connectivity index is 1.42. The van der Waals surface area contributed by atoms with E-state index < -0.39 is 17.7 Å². The number of guanidine groups is 1. The monoisotopic (exact) mass is 595 g/mol. The number of hydrogen-bond donors (Lipinski definition) is 4. The van der Waals surface area contributed by atoms with Crippen molar-refractivity contribution in [3.63, 3.8) is 0 Å². The summed E-state index contributed by atoms with van der Waals surface area (Å²) in [5.41, 5.74) is 0.722. The second kappa shape index (κ2) is 14.1. The predicted molar refractivity (Wildman–Crippen MR) is 163 cm³/mol. The van der Waals surface area contributed by atoms with Crippen LogP contribution in [0.4, 0.5) is 4.79 Å². The van der Waals surface area contributed by atoms with E-state index in [1.54, 1.807) is 18.2 Å². The molecular weight excluding hydrogens is 554 g/mol. The third-order valence-corrected chi connectivity index (χ3v) is 8.15. The van der Waals surface area contributed by atoms with Crippen molar-refractivity contribution >= 4 is 35.5 Å². The molecule has 2 aromatic carbocycles. The molecule has 42 heavy (non-hydrogen) atoms. The van der Waals surface area contributed by atoms with Crippen LogP contribution in [0.1, 0.15) is 63.5 Å². The van der Waals surface area contributed by atoms with Crippen LogP contribution in [-0.4, -0.2) is 54.5 Å². The van der Waals surface area contributed by atoms with Gasteiger partial charge in [-0.05, 0) is 60.8 Å². The highest BCUT2D eigenvalue weighted by Gasteiger charge is 2.50. The number of carbonyl (C=O) groups is 3. The maximum atomic E-state index is 13.8. The molecule has 3 amide bonds. The highest BCUT2D eigenvalue weighted by molar-refractivity contribution is 6.30. The highest BCUT2D eigenvalue weighted by atomic mass is 35.5. The molecule has 1 aliphatic carbocycles. The summed E-state index contributed by atoms with van der Waals surface area (Å²) in [6.45, 7) is 4.53. The SMILES string of the molecule is COC(=O)N[C@@H](Cc1cccc(Cl)c1)C(=O)NC(CCCN1C(=N)N[C@](CC(C)C)(c2ccccc2)C1=O)CC1CC1. The van der Waals surface area contributed by atoms with Gasteiger partial charge in [-0.2, -0.15) is 0 Å². The van der Waals surface area contributed by atoms with Crippen molar-refractivity contribution < 1.29 is 19.1 Å². The van der Waals surface area contributed by atoms with Gasteiger partial charge < -0.3 is 20.7 Å². The summed E-state index contributed by atoms with van der Waals surface area (Å²) in [6, 6.07) is 15.9. The Kier molecular flexibility index (Phi) is 10.5. The topological polar surface area (TPSA) is 124 Å². The lowest BCUT2D eigenvalue weighted by molar-refractivity contribution is -0.132. The van der Waals surface area contributed by atoms with Gasteiger partial charge in [0.1, 0.15) is 11.6 Å². The molecule has 1 saturated heterocycles. The summed E-state index contributed by atoms with van der Waals surface area (Å²) in [4.78, 5) is 40.9. The smallest absolute Gasteiger partial charge is 0.407 e. The Morgan fingerprint density at radius 2 is 1.88 bits per heavy atom. The van der Waals surface area contributed by atoms with Gasteiger partial charge in [0.05, 0.1) is 7.11 Å². The second-order valence-electron chi connectivity index (χ2n) is 11.8. The standard InChI is InChI=1S/C32H42ClN5O4/c1-21(2)20-32(24-10-5-4-6-11-24)29(40)38(30(34)37-32)16-8-13-26(18-22-14-15-22)35-28(39)27(36-31(41)42-3)19-23-9-7-12-25(33)17-23/h4-7,9-12,17,21-22,26-27H,8,13-16,18-20H2,1-3H3,(H2,34,37)(H,35,39)(H,36,41)/t26?,27-,32+/m0/s1. The van der Waals surface area contributed by atoms with E-state index in [1.165, 1.54) is 12.0 Å². The molecule has 1 aliphatic heterocycles.